The number of rotatable bonds is 5. The van der Waals surface area contributed by atoms with Crippen molar-refractivity contribution in [1.29, 1.82) is 0 Å². The van der Waals surface area contributed by atoms with Crippen molar-refractivity contribution in [2.45, 2.75) is 31.2 Å². The van der Waals surface area contributed by atoms with Gasteiger partial charge in [0, 0.05) is 36.8 Å². The number of carbonyl (C=O) groups excluding carboxylic acids is 1. The molecular formula is C23H25FN6O. The summed E-state index contributed by atoms with van der Waals surface area (Å²) in [6.07, 6.45) is 6.24. The zero-order chi connectivity index (χ0) is 21.5. The van der Waals surface area contributed by atoms with Gasteiger partial charge in [0.1, 0.15) is 5.82 Å². The van der Waals surface area contributed by atoms with Crippen molar-refractivity contribution in [2.75, 3.05) is 27.2 Å². The van der Waals surface area contributed by atoms with Crippen molar-refractivity contribution in [3.63, 3.8) is 0 Å². The number of likely N-dealkylation sites (tertiary alicyclic amines) is 1. The van der Waals surface area contributed by atoms with Crippen molar-refractivity contribution < 1.29 is 9.18 Å². The molecule has 1 unspecified atom stereocenters. The van der Waals surface area contributed by atoms with Gasteiger partial charge in [-0.3, -0.25) is 4.79 Å². The Morgan fingerprint density at radius 1 is 1.16 bits per heavy atom. The molecule has 2 aliphatic rings. The Kier molecular flexibility index (Phi) is 5.02. The van der Waals surface area contributed by atoms with E-state index in [2.05, 4.69) is 20.0 Å². The zero-order valence-electron chi connectivity index (χ0n) is 17.7. The third-order valence-corrected chi connectivity index (χ3v) is 6.16. The van der Waals surface area contributed by atoms with Gasteiger partial charge in [-0.25, -0.2) is 19.0 Å². The summed E-state index contributed by atoms with van der Waals surface area (Å²) in [7, 11) is 4.10. The number of amides is 1. The first kappa shape index (κ1) is 19.8. The standard InChI is InChI=1S/C23H25FN6O/c1-28(2)16-10-12-29(14-16)22(31)18-13-26-30(21(18)15-7-8-15)23-25-11-9-20(27-23)17-5-3-4-6-19(17)24/h3-6,9,11,13,15-16H,7-8,10,12,14H2,1-2H3. The molecule has 3 aromatic rings. The minimum Gasteiger partial charge on any atom is -0.337 e. The highest BCUT2D eigenvalue weighted by Crippen LogP contribution is 2.42. The van der Waals surface area contributed by atoms with Crippen LogP contribution in [0.25, 0.3) is 17.2 Å². The Morgan fingerprint density at radius 3 is 2.68 bits per heavy atom. The van der Waals surface area contributed by atoms with Crippen molar-refractivity contribution >= 4 is 5.91 Å². The van der Waals surface area contributed by atoms with Gasteiger partial charge in [0.05, 0.1) is 23.1 Å². The summed E-state index contributed by atoms with van der Waals surface area (Å²) < 4.78 is 15.9. The Morgan fingerprint density at radius 2 is 1.97 bits per heavy atom. The maximum atomic E-state index is 14.3. The first-order valence-electron chi connectivity index (χ1n) is 10.6. The summed E-state index contributed by atoms with van der Waals surface area (Å²) in [4.78, 5) is 26.3. The van der Waals surface area contributed by atoms with Gasteiger partial charge in [-0.15, -0.1) is 0 Å². The van der Waals surface area contributed by atoms with Gasteiger partial charge in [0.25, 0.3) is 11.9 Å². The van der Waals surface area contributed by atoms with E-state index in [-0.39, 0.29) is 17.6 Å². The Balaban J connectivity index is 1.49. The molecule has 8 heteroatoms. The number of likely N-dealkylation sites (N-methyl/N-ethyl adjacent to an activating group) is 1. The minimum atomic E-state index is -0.338. The fourth-order valence-corrected chi connectivity index (χ4v) is 4.22. The number of aromatic nitrogens is 4. The van der Waals surface area contributed by atoms with E-state index in [1.807, 2.05) is 19.0 Å². The van der Waals surface area contributed by atoms with E-state index < -0.39 is 0 Å². The molecule has 5 rings (SSSR count). The molecular weight excluding hydrogens is 395 g/mol. The van der Waals surface area contributed by atoms with E-state index in [9.17, 15) is 9.18 Å². The van der Waals surface area contributed by atoms with Gasteiger partial charge in [0.15, 0.2) is 0 Å². The van der Waals surface area contributed by atoms with Crippen molar-refractivity contribution in [3.8, 4) is 17.2 Å². The van der Waals surface area contributed by atoms with Gasteiger partial charge in [-0.05, 0) is 51.6 Å². The maximum absolute atomic E-state index is 14.3. The summed E-state index contributed by atoms with van der Waals surface area (Å²) >= 11 is 0. The van der Waals surface area contributed by atoms with Crippen LogP contribution in [0.2, 0.25) is 0 Å². The number of hydrogen-bond donors (Lipinski definition) is 0. The van der Waals surface area contributed by atoms with Crippen LogP contribution in [-0.4, -0.2) is 68.7 Å². The highest BCUT2D eigenvalue weighted by Gasteiger charge is 2.36. The van der Waals surface area contributed by atoms with Crippen molar-refractivity contribution in [3.05, 3.63) is 59.8 Å². The van der Waals surface area contributed by atoms with E-state index >= 15 is 0 Å². The van der Waals surface area contributed by atoms with Crippen LogP contribution in [0, 0.1) is 5.82 Å². The maximum Gasteiger partial charge on any atom is 0.257 e. The Labute approximate surface area is 180 Å². The smallest absolute Gasteiger partial charge is 0.257 e. The van der Waals surface area contributed by atoms with Crippen molar-refractivity contribution in [1.82, 2.24) is 29.5 Å². The molecule has 160 valence electrons. The second-order valence-electron chi connectivity index (χ2n) is 8.51. The molecule has 7 nitrogen and oxygen atoms in total. The van der Waals surface area contributed by atoms with Crippen LogP contribution in [0.4, 0.5) is 4.39 Å². The zero-order valence-corrected chi connectivity index (χ0v) is 17.7. The number of nitrogens with zero attached hydrogens (tertiary/aromatic N) is 6. The summed E-state index contributed by atoms with van der Waals surface area (Å²) in [6.45, 7) is 1.47. The molecule has 1 aromatic carbocycles. The molecule has 0 N–H and O–H groups in total. The predicted molar refractivity (Wildman–Crippen MR) is 115 cm³/mol. The van der Waals surface area contributed by atoms with Crippen LogP contribution in [-0.2, 0) is 0 Å². The largest absolute Gasteiger partial charge is 0.337 e. The van der Waals surface area contributed by atoms with E-state index in [1.54, 1.807) is 41.3 Å². The molecule has 1 atom stereocenters. The molecule has 1 saturated carbocycles. The van der Waals surface area contributed by atoms with Crippen LogP contribution in [0.5, 0.6) is 0 Å². The Hall–Kier alpha value is -3.13. The van der Waals surface area contributed by atoms with Crippen LogP contribution < -0.4 is 0 Å². The van der Waals surface area contributed by atoms with Gasteiger partial charge in [-0.1, -0.05) is 12.1 Å². The van der Waals surface area contributed by atoms with E-state index in [1.165, 1.54) is 6.07 Å². The van der Waals surface area contributed by atoms with Gasteiger partial charge in [0.2, 0.25) is 0 Å². The van der Waals surface area contributed by atoms with Gasteiger partial charge < -0.3 is 9.80 Å². The molecule has 3 heterocycles. The highest BCUT2D eigenvalue weighted by atomic mass is 19.1. The molecule has 0 spiro atoms. The molecule has 2 fully saturated rings. The third kappa shape index (κ3) is 3.72. The lowest BCUT2D eigenvalue weighted by atomic mass is 10.1. The van der Waals surface area contributed by atoms with E-state index in [4.69, 9.17) is 0 Å². The van der Waals surface area contributed by atoms with Crippen LogP contribution >= 0.6 is 0 Å². The molecule has 2 aromatic heterocycles. The van der Waals surface area contributed by atoms with Crippen LogP contribution in [0.15, 0.2) is 42.7 Å². The number of hydrogen-bond acceptors (Lipinski definition) is 5. The van der Waals surface area contributed by atoms with Crippen molar-refractivity contribution in [2.24, 2.45) is 0 Å². The first-order chi connectivity index (χ1) is 15.0. The predicted octanol–water partition coefficient (Wildman–Crippen LogP) is 3.12. The van der Waals surface area contributed by atoms with Gasteiger partial charge in [-0.2, -0.15) is 5.10 Å². The summed E-state index contributed by atoms with van der Waals surface area (Å²) in [5.74, 6) is 0.307. The summed E-state index contributed by atoms with van der Waals surface area (Å²) in [6, 6.07) is 8.59. The summed E-state index contributed by atoms with van der Waals surface area (Å²) in [5, 5.41) is 4.49. The fourth-order valence-electron chi connectivity index (χ4n) is 4.22. The monoisotopic (exact) mass is 420 g/mol. The number of carbonyl (C=O) groups is 1. The van der Waals surface area contributed by atoms with E-state index in [0.29, 0.717) is 28.8 Å². The lowest BCUT2D eigenvalue weighted by Gasteiger charge is -2.20. The lowest BCUT2D eigenvalue weighted by Crippen LogP contribution is -2.34. The molecule has 31 heavy (non-hydrogen) atoms. The SMILES string of the molecule is CN(C)C1CCN(C(=O)c2cnn(-c3nccc(-c4ccccc4F)n3)c2C2CC2)C1. The lowest BCUT2D eigenvalue weighted by molar-refractivity contribution is 0.0782. The molecule has 1 saturated heterocycles. The summed E-state index contributed by atoms with van der Waals surface area (Å²) in [5.41, 5.74) is 2.39. The number of halogens is 1. The molecule has 1 aliphatic heterocycles. The van der Waals surface area contributed by atoms with Gasteiger partial charge >= 0.3 is 0 Å². The average molecular weight is 420 g/mol. The minimum absolute atomic E-state index is 0.0164. The number of benzene rings is 1. The van der Waals surface area contributed by atoms with Crippen LogP contribution in [0.3, 0.4) is 0 Å². The second-order valence-corrected chi connectivity index (χ2v) is 8.51. The first-order valence-corrected chi connectivity index (χ1v) is 10.6. The average Bonchev–Trinajstić information content (AvgIpc) is 3.32. The quantitative estimate of drug-likeness (QED) is 0.635. The second kappa shape index (κ2) is 7.85. The molecule has 1 aliphatic carbocycles. The van der Waals surface area contributed by atoms with E-state index in [0.717, 1.165) is 38.0 Å². The topological polar surface area (TPSA) is 67.2 Å². The van der Waals surface area contributed by atoms with Crippen LogP contribution in [0.1, 0.15) is 41.2 Å². The molecule has 1 amide bonds. The molecule has 0 bridgehead atoms. The fraction of sp³-hybridized carbons (Fsp3) is 0.391. The Bertz CT molecular complexity index is 1120. The normalized spacial score (nSPS) is 18.7. The molecule has 0 radical (unpaired) electrons. The third-order valence-electron chi connectivity index (χ3n) is 6.16. The highest BCUT2D eigenvalue weighted by molar-refractivity contribution is 5.95.